The van der Waals surface area contributed by atoms with Gasteiger partial charge in [-0.15, -0.1) is 0 Å². The van der Waals surface area contributed by atoms with Gasteiger partial charge in [-0.2, -0.15) is 0 Å². The van der Waals surface area contributed by atoms with Gasteiger partial charge >= 0.3 is 0 Å². The lowest BCUT2D eigenvalue weighted by molar-refractivity contribution is -0.125. The molecule has 3 atom stereocenters. The van der Waals surface area contributed by atoms with Crippen LogP contribution in [0.3, 0.4) is 0 Å². The molecule has 0 aliphatic heterocycles. The maximum atomic E-state index is 13.0. The van der Waals surface area contributed by atoms with Gasteiger partial charge in [0, 0.05) is 25.2 Å². The van der Waals surface area contributed by atoms with Gasteiger partial charge in [0.1, 0.15) is 5.02 Å². The maximum Gasteiger partial charge on any atom is 0.278 e. The Morgan fingerprint density at radius 2 is 2.06 bits per heavy atom. The lowest BCUT2D eigenvalue weighted by atomic mass is 9.83. The Balaban J connectivity index is 2.10. The molecule has 0 saturated carbocycles. The van der Waals surface area contributed by atoms with E-state index in [1.807, 2.05) is 19.9 Å². The number of carbonyl (C=O) groups is 2. The van der Waals surface area contributed by atoms with Crippen molar-refractivity contribution in [2.75, 3.05) is 13.2 Å². The maximum absolute atomic E-state index is 13.0. The Bertz CT molecular complexity index is 868. The minimum absolute atomic E-state index is 0.0291. The molecule has 170 valence electrons. The van der Waals surface area contributed by atoms with Crippen LogP contribution >= 0.6 is 11.6 Å². The molecule has 31 heavy (non-hydrogen) atoms. The Morgan fingerprint density at radius 3 is 2.65 bits per heavy atom. The van der Waals surface area contributed by atoms with Crippen LogP contribution in [-0.4, -0.2) is 35.9 Å². The monoisotopic (exact) mass is 455 g/mol. The molecule has 1 aromatic rings. The second-order valence-corrected chi connectivity index (χ2v) is 7.99. The third-order valence-electron chi connectivity index (χ3n) is 4.87. The first kappa shape index (κ1) is 24.8. The molecule has 1 aromatic heterocycles. The molecule has 0 radical (unpaired) electrons. The molecule has 9 heteroatoms. The van der Waals surface area contributed by atoms with Crippen molar-refractivity contribution in [1.82, 2.24) is 15.6 Å². The van der Waals surface area contributed by atoms with Crippen molar-refractivity contribution in [3.8, 4) is 5.88 Å². The van der Waals surface area contributed by atoms with Gasteiger partial charge in [0.05, 0.1) is 12.0 Å². The average Bonchev–Trinajstić information content (AvgIpc) is 2.71. The van der Waals surface area contributed by atoms with Gasteiger partial charge in [-0.05, 0) is 37.8 Å². The summed E-state index contributed by atoms with van der Waals surface area (Å²) in [5, 5.41) is 5.73. The third kappa shape index (κ3) is 7.02. The number of hydrogen-bond donors (Lipinski definition) is 2. The van der Waals surface area contributed by atoms with Crippen molar-refractivity contribution in [1.29, 1.82) is 0 Å². The fraction of sp³-hybridized carbons (Fsp3) is 0.500. The summed E-state index contributed by atoms with van der Waals surface area (Å²) in [7, 11) is 0. The molecular formula is C22H28ClF2N3O3. The van der Waals surface area contributed by atoms with Gasteiger partial charge in [-0.1, -0.05) is 36.8 Å². The van der Waals surface area contributed by atoms with Crippen LogP contribution in [0.4, 0.5) is 8.78 Å². The number of pyridine rings is 1. The fourth-order valence-corrected chi connectivity index (χ4v) is 3.39. The lowest BCUT2D eigenvalue weighted by Gasteiger charge is -2.26. The van der Waals surface area contributed by atoms with Crippen LogP contribution in [0.5, 0.6) is 5.88 Å². The lowest BCUT2D eigenvalue weighted by Crippen LogP contribution is -2.37. The van der Waals surface area contributed by atoms with E-state index in [9.17, 15) is 18.4 Å². The summed E-state index contributed by atoms with van der Waals surface area (Å²) in [5.74, 6) is -4.07. The molecule has 6 nitrogen and oxygen atoms in total. The Morgan fingerprint density at radius 1 is 1.35 bits per heavy atom. The van der Waals surface area contributed by atoms with Gasteiger partial charge in [0.15, 0.2) is 6.61 Å². The van der Waals surface area contributed by atoms with E-state index in [1.165, 1.54) is 12.3 Å². The second kappa shape index (κ2) is 10.7. The highest BCUT2D eigenvalue weighted by Gasteiger charge is 2.29. The second-order valence-electron chi connectivity index (χ2n) is 7.58. The molecule has 2 N–H and O–H groups in total. The van der Waals surface area contributed by atoms with Gasteiger partial charge in [0.25, 0.3) is 11.8 Å². The number of alkyl halides is 2. The molecule has 0 spiro atoms. The van der Waals surface area contributed by atoms with Crippen LogP contribution in [0, 0.1) is 11.8 Å². The standard InChI is InChI=1S/C22H28ClF2N3O3/c1-5-14-7-8-15(19(29)26-6-2)9-17(14)20(30)28-13(3)16-10-18(23)21(27-11-16)31-12-22(4,24)25/h7-11,13-14,17H,5-6,12H2,1-4H3,(H,26,29)(H,28,30). The van der Waals surface area contributed by atoms with E-state index < -0.39 is 24.5 Å². The molecule has 1 aliphatic carbocycles. The predicted molar refractivity (Wildman–Crippen MR) is 115 cm³/mol. The summed E-state index contributed by atoms with van der Waals surface area (Å²) in [6.45, 7) is 5.97. The molecule has 2 rings (SSSR count). The van der Waals surface area contributed by atoms with Crippen molar-refractivity contribution in [2.24, 2.45) is 11.8 Å². The molecule has 0 saturated heterocycles. The minimum Gasteiger partial charge on any atom is -0.470 e. The first-order valence-corrected chi connectivity index (χ1v) is 10.6. The van der Waals surface area contributed by atoms with Gasteiger partial charge in [0.2, 0.25) is 11.8 Å². The van der Waals surface area contributed by atoms with Gasteiger partial charge in [-0.25, -0.2) is 13.8 Å². The van der Waals surface area contributed by atoms with Crippen molar-refractivity contribution in [3.63, 3.8) is 0 Å². The quantitative estimate of drug-likeness (QED) is 0.584. The molecule has 1 aliphatic rings. The van der Waals surface area contributed by atoms with Gasteiger partial charge < -0.3 is 15.4 Å². The summed E-state index contributed by atoms with van der Waals surface area (Å²) < 4.78 is 30.9. The van der Waals surface area contributed by atoms with E-state index in [0.29, 0.717) is 17.7 Å². The van der Waals surface area contributed by atoms with Crippen LogP contribution in [0.25, 0.3) is 0 Å². The number of rotatable bonds is 9. The Kier molecular flexibility index (Phi) is 8.56. The number of nitrogens with one attached hydrogen (secondary N) is 2. The SMILES string of the molecule is CCNC(=O)C1=CC(C(=O)NC(C)c2cnc(OCC(C)(F)F)c(Cl)c2)C(CC)C=C1. The van der Waals surface area contributed by atoms with E-state index >= 15 is 0 Å². The molecule has 0 fully saturated rings. The molecule has 0 bridgehead atoms. The number of amides is 2. The van der Waals surface area contributed by atoms with Crippen LogP contribution in [-0.2, 0) is 9.59 Å². The van der Waals surface area contributed by atoms with Gasteiger partial charge in [-0.3, -0.25) is 9.59 Å². The van der Waals surface area contributed by atoms with E-state index in [2.05, 4.69) is 15.6 Å². The molecule has 2 amide bonds. The van der Waals surface area contributed by atoms with E-state index in [0.717, 1.165) is 13.3 Å². The number of ether oxygens (including phenoxy) is 1. The summed E-state index contributed by atoms with van der Waals surface area (Å²) in [6, 6.07) is 1.08. The number of allylic oxidation sites excluding steroid dienone is 1. The van der Waals surface area contributed by atoms with Crippen LogP contribution in [0.1, 0.15) is 45.7 Å². The van der Waals surface area contributed by atoms with Crippen molar-refractivity contribution >= 4 is 23.4 Å². The Hall–Kier alpha value is -2.48. The summed E-state index contributed by atoms with van der Waals surface area (Å²) >= 11 is 6.11. The fourth-order valence-electron chi connectivity index (χ4n) is 3.16. The summed E-state index contributed by atoms with van der Waals surface area (Å²) in [4.78, 5) is 29.1. The number of halogens is 3. The zero-order chi connectivity index (χ0) is 23.2. The third-order valence-corrected chi connectivity index (χ3v) is 5.14. The highest BCUT2D eigenvalue weighted by Crippen LogP contribution is 2.29. The summed E-state index contributed by atoms with van der Waals surface area (Å²) in [6.07, 6.45) is 7.48. The number of nitrogens with zero attached hydrogens (tertiary/aromatic N) is 1. The molecule has 1 heterocycles. The minimum atomic E-state index is -3.00. The highest BCUT2D eigenvalue weighted by molar-refractivity contribution is 6.31. The zero-order valence-corrected chi connectivity index (χ0v) is 18.8. The first-order valence-electron chi connectivity index (χ1n) is 10.2. The van der Waals surface area contributed by atoms with E-state index in [4.69, 9.17) is 16.3 Å². The normalized spacial score (nSPS) is 19.4. The summed E-state index contributed by atoms with van der Waals surface area (Å²) in [5.41, 5.74) is 1.06. The molecular weight excluding hydrogens is 428 g/mol. The van der Waals surface area contributed by atoms with Crippen molar-refractivity contribution in [2.45, 2.75) is 46.1 Å². The Labute approximate surface area is 186 Å². The number of likely N-dealkylation sites (N-methyl/N-ethyl adjacent to an activating group) is 1. The smallest absolute Gasteiger partial charge is 0.278 e. The molecule has 3 unspecified atom stereocenters. The highest BCUT2D eigenvalue weighted by atomic mass is 35.5. The van der Waals surface area contributed by atoms with Crippen molar-refractivity contribution < 1.29 is 23.1 Å². The number of carbonyl (C=O) groups excluding carboxylic acids is 2. The van der Waals surface area contributed by atoms with E-state index in [1.54, 1.807) is 19.1 Å². The largest absolute Gasteiger partial charge is 0.470 e. The van der Waals surface area contributed by atoms with Crippen LogP contribution in [0.2, 0.25) is 5.02 Å². The molecule has 0 aromatic carbocycles. The number of hydrogen-bond acceptors (Lipinski definition) is 4. The first-order chi connectivity index (χ1) is 14.6. The zero-order valence-electron chi connectivity index (χ0n) is 18.0. The van der Waals surface area contributed by atoms with E-state index in [-0.39, 0.29) is 28.6 Å². The van der Waals surface area contributed by atoms with Crippen molar-refractivity contribution in [3.05, 3.63) is 46.7 Å². The average molecular weight is 456 g/mol. The van der Waals surface area contributed by atoms with Crippen LogP contribution < -0.4 is 15.4 Å². The number of aromatic nitrogens is 1. The topological polar surface area (TPSA) is 80.3 Å². The van der Waals surface area contributed by atoms with Crippen LogP contribution in [0.15, 0.2) is 36.1 Å². The predicted octanol–water partition coefficient (Wildman–Crippen LogP) is 4.22.